The van der Waals surface area contributed by atoms with Gasteiger partial charge in [0.05, 0.1) is 34.5 Å². The summed E-state index contributed by atoms with van der Waals surface area (Å²) in [6, 6.07) is 7.35. The molecule has 1 aromatic heterocycles. The highest BCUT2D eigenvalue weighted by Crippen LogP contribution is 2.35. The van der Waals surface area contributed by atoms with Gasteiger partial charge in [0.2, 0.25) is 19.4 Å². The third kappa shape index (κ3) is 4.24. The summed E-state index contributed by atoms with van der Waals surface area (Å²) < 4.78 is 35.0. The number of nitro groups is 1. The van der Waals surface area contributed by atoms with Crippen LogP contribution >= 0.6 is 11.8 Å². The highest BCUT2D eigenvalue weighted by molar-refractivity contribution is 8.42. The number of hydrogen-bond donors (Lipinski definition) is 1. The fraction of sp³-hybridized carbons (Fsp3) is 0.200. The number of rotatable bonds is 6. The number of ether oxygens (including phenoxy) is 1. The maximum Gasteiger partial charge on any atom is 0.284 e. The van der Waals surface area contributed by atoms with E-state index in [1.54, 1.807) is 13.0 Å². The van der Waals surface area contributed by atoms with E-state index in [9.17, 15) is 23.3 Å². The number of carbonyl (C=O) groups is 1. The summed E-state index contributed by atoms with van der Waals surface area (Å²) in [5.74, 6) is -0.659. The smallest absolute Gasteiger partial charge is 0.284 e. The first kappa shape index (κ1) is 23.4. The van der Waals surface area contributed by atoms with E-state index in [0.717, 1.165) is 5.01 Å². The van der Waals surface area contributed by atoms with Crippen LogP contribution in [0.3, 0.4) is 0 Å². The van der Waals surface area contributed by atoms with Crippen LogP contribution in [0.25, 0.3) is 17.4 Å². The van der Waals surface area contributed by atoms with Crippen LogP contribution in [0.4, 0.5) is 5.69 Å². The van der Waals surface area contributed by atoms with Crippen LogP contribution in [0.15, 0.2) is 50.4 Å². The number of fused-ring (bicyclic) bond motifs is 1. The number of hydrogen-bond acceptors (Lipinski definition) is 10. The number of hydrazone groups is 1. The maximum atomic E-state index is 12.5. The third-order valence-electron chi connectivity index (χ3n) is 4.74. The summed E-state index contributed by atoms with van der Waals surface area (Å²) >= 11 is 0.704. The van der Waals surface area contributed by atoms with Gasteiger partial charge in [-0.05, 0) is 49.0 Å². The lowest BCUT2D eigenvalue weighted by atomic mass is 10.1. The minimum atomic E-state index is -3.64. The first-order chi connectivity index (χ1) is 16.1. The molecule has 14 heteroatoms. The van der Waals surface area contributed by atoms with E-state index in [2.05, 4.69) is 10.1 Å². The molecule has 2 aromatic rings. The first-order valence-electron chi connectivity index (χ1n) is 9.89. The van der Waals surface area contributed by atoms with Crippen molar-refractivity contribution in [3.8, 4) is 17.1 Å². The molecule has 0 saturated heterocycles. The molecule has 0 aliphatic carbocycles. The SMILES string of the molecule is CCOc1ccc(-c2ccc(/C=C3/C(=N)N4N=C(S(=O)(=O)CC)SC4=NC3=O)o2)c([N+](=O)[O-])c1. The van der Waals surface area contributed by atoms with Crippen molar-refractivity contribution in [3.63, 3.8) is 0 Å². The van der Waals surface area contributed by atoms with Crippen LogP contribution in [-0.4, -0.2) is 52.0 Å². The molecular formula is C20H17N5O7S2. The Morgan fingerprint density at radius 1 is 1.29 bits per heavy atom. The zero-order valence-electron chi connectivity index (χ0n) is 17.8. The van der Waals surface area contributed by atoms with E-state index >= 15 is 0 Å². The van der Waals surface area contributed by atoms with Gasteiger partial charge < -0.3 is 9.15 Å². The van der Waals surface area contributed by atoms with Crippen molar-refractivity contribution >= 4 is 54.6 Å². The van der Waals surface area contributed by atoms with Crippen molar-refractivity contribution in [3.05, 3.63) is 51.8 Å². The second-order valence-corrected chi connectivity index (χ2v) is 10.3. The van der Waals surface area contributed by atoms with Crippen molar-refractivity contribution in [1.82, 2.24) is 5.01 Å². The standard InChI is InChI=1S/C20H17N5O7S2/c1-3-31-11-5-7-13(15(10-11)25(27)28)16-8-6-12(32-16)9-14-17(21)24-19(22-18(14)26)33-20(23-24)34(29,30)4-2/h5-10,21H,3-4H2,1-2H3/b14-9-,21-17?. The molecule has 4 rings (SSSR count). The van der Waals surface area contributed by atoms with Gasteiger partial charge in [0.1, 0.15) is 17.3 Å². The normalized spacial score (nSPS) is 17.0. The number of nitro benzene ring substituents is 1. The number of aliphatic imine (C=N–C) groups is 1. The van der Waals surface area contributed by atoms with Crippen LogP contribution in [0.2, 0.25) is 0 Å². The average molecular weight is 504 g/mol. The summed E-state index contributed by atoms with van der Waals surface area (Å²) in [5.41, 5.74) is -0.188. The molecule has 2 aliphatic heterocycles. The van der Waals surface area contributed by atoms with Gasteiger partial charge in [-0.3, -0.25) is 20.3 Å². The van der Waals surface area contributed by atoms with E-state index in [4.69, 9.17) is 14.6 Å². The van der Waals surface area contributed by atoms with Crippen molar-refractivity contribution in [1.29, 1.82) is 5.41 Å². The quantitative estimate of drug-likeness (QED) is 0.353. The molecule has 0 unspecified atom stereocenters. The Bertz CT molecular complexity index is 1420. The number of amidine groups is 2. The van der Waals surface area contributed by atoms with Gasteiger partial charge in [0.15, 0.2) is 5.84 Å². The molecule has 1 N–H and O–H groups in total. The molecule has 0 saturated carbocycles. The van der Waals surface area contributed by atoms with Gasteiger partial charge in [-0.15, -0.1) is 5.10 Å². The molecular weight excluding hydrogens is 486 g/mol. The predicted octanol–water partition coefficient (Wildman–Crippen LogP) is 3.26. The summed E-state index contributed by atoms with van der Waals surface area (Å²) in [6.45, 7) is 3.58. The molecule has 0 radical (unpaired) electrons. The van der Waals surface area contributed by atoms with Crippen molar-refractivity contribution in [2.75, 3.05) is 12.4 Å². The number of benzene rings is 1. The Kier molecular flexibility index (Phi) is 6.10. The zero-order chi connectivity index (χ0) is 24.6. The summed E-state index contributed by atoms with van der Waals surface area (Å²) in [6.07, 6.45) is 1.25. The lowest BCUT2D eigenvalue weighted by Gasteiger charge is -2.19. The Morgan fingerprint density at radius 2 is 2.06 bits per heavy atom. The van der Waals surface area contributed by atoms with E-state index in [1.807, 2.05) is 0 Å². The Hall–Kier alpha value is -3.78. The lowest BCUT2D eigenvalue weighted by molar-refractivity contribution is -0.384. The molecule has 3 heterocycles. The second-order valence-electron chi connectivity index (χ2n) is 6.86. The fourth-order valence-electron chi connectivity index (χ4n) is 3.07. The molecule has 12 nitrogen and oxygen atoms in total. The monoisotopic (exact) mass is 503 g/mol. The van der Waals surface area contributed by atoms with Crippen LogP contribution in [0.5, 0.6) is 5.75 Å². The predicted molar refractivity (Wildman–Crippen MR) is 126 cm³/mol. The van der Waals surface area contributed by atoms with Crippen molar-refractivity contribution in [2.45, 2.75) is 13.8 Å². The van der Waals surface area contributed by atoms with E-state index in [-0.39, 0.29) is 49.5 Å². The zero-order valence-corrected chi connectivity index (χ0v) is 19.5. The topological polar surface area (TPSA) is 169 Å². The maximum absolute atomic E-state index is 12.5. The van der Waals surface area contributed by atoms with Gasteiger partial charge >= 0.3 is 0 Å². The molecule has 34 heavy (non-hydrogen) atoms. The second kappa shape index (κ2) is 8.87. The van der Waals surface area contributed by atoms with E-state index in [0.29, 0.717) is 24.1 Å². The Balaban J connectivity index is 1.67. The number of amides is 1. The summed E-state index contributed by atoms with van der Waals surface area (Å²) in [4.78, 5) is 27.3. The van der Waals surface area contributed by atoms with E-state index < -0.39 is 20.7 Å². The van der Waals surface area contributed by atoms with Gasteiger partial charge in [0.25, 0.3) is 11.6 Å². The molecule has 0 spiro atoms. The van der Waals surface area contributed by atoms with Gasteiger partial charge in [-0.25, -0.2) is 8.42 Å². The highest BCUT2D eigenvalue weighted by Gasteiger charge is 2.39. The van der Waals surface area contributed by atoms with E-state index in [1.165, 1.54) is 37.3 Å². The third-order valence-corrected chi connectivity index (χ3v) is 7.83. The molecule has 0 fully saturated rings. The number of carbonyl (C=O) groups excluding carboxylic acids is 1. The van der Waals surface area contributed by atoms with Gasteiger partial charge in [0, 0.05) is 0 Å². The molecule has 1 amide bonds. The molecule has 0 bridgehead atoms. The Labute approximate surface area is 197 Å². The largest absolute Gasteiger partial charge is 0.494 e. The number of nitrogens with zero attached hydrogens (tertiary/aromatic N) is 4. The number of sulfone groups is 1. The molecule has 176 valence electrons. The van der Waals surface area contributed by atoms with Crippen LogP contribution < -0.4 is 4.74 Å². The summed E-state index contributed by atoms with van der Waals surface area (Å²) in [5, 5.41) is 24.7. The van der Waals surface area contributed by atoms with Crippen LogP contribution in [0.1, 0.15) is 19.6 Å². The minimum absolute atomic E-state index is 0.0238. The van der Waals surface area contributed by atoms with Gasteiger partial charge in [-0.1, -0.05) is 6.92 Å². The minimum Gasteiger partial charge on any atom is -0.494 e. The van der Waals surface area contributed by atoms with Crippen LogP contribution in [-0.2, 0) is 14.6 Å². The molecule has 0 atom stereocenters. The Morgan fingerprint density at radius 3 is 2.74 bits per heavy atom. The highest BCUT2D eigenvalue weighted by atomic mass is 32.3. The molecule has 2 aliphatic rings. The number of thioether (sulfide) groups is 1. The number of nitrogens with one attached hydrogen (secondary N) is 1. The molecule has 1 aromatic carbocycles. The average Bonchev–Trinajstić information content (AvgIpc) is 3.44. The fourth-order valence-corrected chi connectivity index (χ4v) is 5.23. The van der Waals surface area contributed by atoms with Crippen molar-refractivity contribution in [2.24, 2.45) is 10.1 Å². The summed E-state index contributed by atoms with van der Waals surface area (Å²) in [7, 11) is -3.64. The number of furan rings is 1. The lowest BCUT2D eigenvalue weighted by Crippen LogP contribution is -2.35. The van der Waals surface area contributed by atoms with Gasteiger partial charge in [-0.2, -0.15) is 10.0 Å². The van der Waals surface area contributed by atoms with Crippen LogP contribution in [0, 0.1) is 15.5 Å². The first-order valence-corrected chi connectivity index (χ1v) is 12.4. The van der Waals surface area contributed by atoms with Crippen molar-refractivity contribution < 1.29 is 27.3 Å².